The van der Waals surface area contributed by atoms with Crippen LogP contribution in [0.4, 0.5) is 5.69 Å². The van der Waals surface area contributed by atoms with Crippen LogP contribution in [-0.4, -0.2) is 10.1 Å². The molecule has 18 heavy (non-hydrogen) atoms. The molecule has 2 N–H and O–H groups in total. The number of nitrogens with zero attached hydrogens (tertiary/aromatic N) is 2. The zero-order chi connectivity index (χ0) is 12.4. The van der Waals surface area contributed by atoms with Gasteiger partial charge in [-0.1, -0.05) is 30.1 Å². The topological polar surface area (TPSA) is 64.9 Å². The van der Waals surface area contributed by atoms with Gasteiger partial charge in [-0.3, -0.25) is 0 Å². The predicted molar refractivity (Wildman–Crippen MR) is 69.8 cm³/mol. The maximum Gasteiger partial charge on any atom is 0.227 e. The van der Waals surface area contributed by atoms with E-state index >= 15 is 0 Å². The van der Waals surface area contributed by atoms with Gasteiger partial charge in [-0.2, -0.15) is 4.98 Å². The molecule has 1 heterocycles. The van der Waals surface area contributed by atoms with E-state index in [1.807, 2.05) is 24.3 Å². The molecular formula is C14H17N3O. The van der Waals surface area contributed by atoms with Crippen molar-refractivity contribution in [1.82, 2.24) is 10.1 Å². The quantitative estimate of drug-likeness (QED) is 0.841. The molecule has 0 radical (unpaired) electrons. The van der Waals surface area contributed by atoms with Gasteiger partial charge in [0.15, 0.2) is 0 Å². The fourth-order valence-electron chi connectivity index (χ4n) is 2.61. The van der Waals surface area contributed by atoms with E-state index < -0.39 is 0 Å². The lowest BCUT2D eigenvalue weighted by atomic mass is 10.0. The van der Waals surface area contributed by atoms with Gasteiger partial charge in [-0.15, -0.1) is 0 Å². The summed E-state index contributed by atoms with van der Waals surface area (Å²) < 4.78 is 5.32. The van der Waals surface area contributed by atoms with Crippen LogP contribution >= 0.6 is 0 Å². The van der Waals surface area contributed by atoms with Crippen LogP contribution < -0.4 is 5.73 Å². The van der Waals surface area contributed by atoms with Crippen molar-refractivity contribution < 1.29 is 4.52 Å². The predicted octanol–water partition coefficient (Wildman–Crippen LogP) is 3.05. The molecular weight excluding hydrogens is 226 g/mol. The van der Waals surface area contributed by atoms with Gasteiger partial charge in [0.05, 0.1) is 0 Å². The van der Waals surface area contributed by atoms with Crippen LogP contribution in [0.2, 0.25) is 0 Å². The molecule has 1 fully saturated rings. The molecule has 1 saturated carbocycles. The molecule has 4 nitrogen and oxygen atoms in total. The van der Waals surface area contributed by atoms with Gasteiger partial charge in [0, 0.05) is 17.7 Å². The Balaban J connectivity index is 1.79. The van der Waals surface area contributed by atoms with Crippen molar-refractivity contribution in [2.24, 2.45) is 5.92 Å². The maximum absolute atomic E-state index is 5.90. The van der Waals surface area contributed by atoms with E-state index in [0.717, 1.165) is 17.9 Å². The first-order valence-electron chi connectivity index (χ1n) is 6.50. The number of anilines is 1. The molecule has 1 aromatic heterocycles. The Hall–Kier alpha value is -1.84. The minimum atomic E-state index is 0.598. The lowest BCUT2D eigenvalue weighted by Gasteiger charge is -2.02. The van der Waals surface area contributed by atoms with Crippen molar-refractivity contribution in [1.29, 1.82) is 0 Å². The summed E-state index contributed by atoms with van der Waals surface area (Å²) >= 11 is 0. The second-order valence-corrected chi connectivity index (χ2v) is 4.95. The number of benzene rings is 1. The monoisotopic (exact) mass is 243 g/mol. The van der Waals surface area contributed by atoms with Gasteiger partial charge >= 0.3 is 0 Å². The Morgan fingerprint density at radius 3 is 2.78 bits per heavy atom. The lowest BCUT2D eigenvalue weighted by Crippen LogP contribution is -1.98. The zero-order valence-corrected chi connectivity index (χ0v) is 10.3. The summed E-state index contributed by atoms with van der Waals surface area (Å²) in [6, 6.07) is 7.60. The summed E-state index contributed by atoms with van der Waals surface area (Å²) in [4.78, 5) is 4.45. The van der Waals surface area contributed by atoms with Crippen LogP contribution in [0, 0.1) is 5.92 Å². The maximum atomic E-state index is 5.90. The number of hydrogen-bond acceptors (Lipinski definition) is 4. The van der Waals surface area contributed by atoms with Gasteiger partial charge in [0.2, 0.25) is 11.7 Å². The number of hydrogen-bond donors (Lipinski definition) is 1. The van der Waals surface area contributed by atoms with E-state index in [2.05, 4.69) is 10.1 Å². The highest BCUT2D eigenvalue weighted by Crippen LogP contribution is 2.28. The van der Waals surface area contributed by atoms with Gasteiger partial charge in [0.1, 0.15) is 0 Å². The molecule has 0 atom stereocenters. The summed E-state index contributed by atoms with van der Waals surface area (Å²) in [5.41, 5.74) is 7.44. The van der Waals surface area contributed by atoms with E-state index in [0.29, 0.717) is 17.4 Å². The number of rotatable bonds is 3. The third-order valence-corrected chi connectivity index (χ3v) is 3.61. The average molecular weight is 243 g/mol. The summed E-state index contributed by atoms with van der Waals surface area (Å²) in [7, 11) is 0. The standard InChI is InChI=1S/C14H17N3O/c15-12-8-4-3-7-11(12)14-16-13(18-17-14)9-10-5-1-2-6-10/h3-4,7-8,10H,1-2,5-6,9,15H2. The SMILES string of the molecule is Nc1ccccc1-c1noc(CC2CCCC2)n1. The highest BCUT2D eigenvalue weighted by Gasteiger charge is 2.19. The highest BCUT2D eigenvalue weighted by atomic mass is 16.5. The molecule has 0 aliphatic heterocycles. The van der Waals surface area contributed by atoms with Crippen molar-refractivity contribution in [2.45, 2.75) is 32.1 Å². The van der Waals surface area contributed by atoms with E-state index in [9.17, 15) is 0 Å². The molecule has 1 aliphatic rings. The molecule has 1 aliphatic carbocycles. The van der Waals surface area contributed by atoms with Crippen LogP contribution in [0.5, 0.6) is 0 Å². The Morgan fingerprint density at radius 2 is 2.00 bits per heavy atom. The van der Waals surface area contributed by atoms with E-state index in [1.54, 1.807) is 0 Å². The Labute approximate surface area is 106 Å². The van der Waals surface area contributed by atoms with Crippen molar-refractivity contribution in [2.75, 3.05) is 5.73 Å². The van der Waals surface area contributed by atoms with Crippen LogP contribution in [-0.2, 0) is 6.42 Å². The van der Waals surface area contributed by atoms with E-state index in [4.69, 9.17) is 10.3 Å². The van der Waals surface area contributed by atoms with Crippen LogP contribution in [0.3, 0.4) is 0 Å². The molecule has 0 bridgehead atoms. The summed E-state index contributed by atoms with van der Waals surface area (Å²) in [6.45, 7) is 0. The smallest absolute Gasteiger partial charge is 0.227 e. The first-order valence-corrected chi connectivity index (χ1v) is 6.50. The lowest BCUT2D eigenvalue weighted by molar-refractivity contribution is 0.353. The largest absolute Gasteiger partial charge is 0.398 e. The number of aromatic nitrogens is 2. The Kier molecular flexibility index (Phi) is 3.00. The summed E-state index contributed by atoms with van der Waals surface area (Å²) in [5, 5.41) is 4.02. The molecule has 3 rings (SSSR count). The molecule has 2 aromatic rings. The fourth-order valence-corrected chi connectivity index (χ4v) is 2.61. The van der Waals surface area contributed by atoms with Gasteiger partial charge in [-0.25, -0.2) is 0 Å². The minimum absolute atomic E-state index is 0.598. The number of nitrogens with two attached hydrogens (primary N) is 1. The van der Waals surface area contributed by atoms with Crippen LogP contribution in [0.1, 0.15) is 31.6 Å². The molecule has 94 valence electrons. The normalized spacial score (nSPS) is 16.2. The minimum Gasteiger partial charge on any atom is -0.398 e. The fraction of sp³-hybridized carbons (Fsp3) is 0.429. The molecule has 0 spiro atoms. The Morgan fingerprint density at radius 1 is 1.22 bits per heavy atom. The second-order valence-electron chi connectivity index (χ2n) is 4.95. The average Bonchev–Trinajstić information content (AvgIpc) is 3.02. The third-order valence-electron chi connectivity index (χ3n) is 3.61. The summed E-state index contributed by atoms with van der Waals surface area (Å²) in [5.74, 6) is 2.05. The molecule has 0 saturated heterocycles. The number of para-hydroxylation sites is 1. The Bertz CT molecular complexity index is 529. The molecule has 0 unspecified atom stereocenters. The molecule has 4 heteroatoms. The highest BCUT2D eigenvalue weighted by molar-refractivity contribution is 5.70. The van der Waals surface area contributed by atoms with Crippen molar-refractivity contribution in [3.8, 4) is 11.4 Å². The van der Waals surface area contributed by atoms with Crippen molar-refractivity contribution >= 4 is 5.69 Å². The van der Waals surface area contributed by atoms with E-state index in [-0.39, 0.29) is 0 Å². The summed E-state index contributed by atoms with van der Waals surface area (Å²) in [6.07, 6.45) is 6.13. The van der Waals surface area contributed by atoms with E-state index in [1.165, 1.54) is 25.7 Å². The van der Waals surface area contributed by atoms with Crippen LogP contribution in [0.25, 0.3) is 11.4 Å². The number of nitrogen functional groups attached to an aromatic ring is 1. The first kappa shape index (κ1) is 11.3. The van der Waals surface area contributed by atoms with Gasteiger partial charge in [-0.05, 0) is 30.9 Å². The zero-order valence-electron chi connectivity index (χ0n) is 10.3. The molecule has 1 aromatic carbocycles. The second kappa shape index (κ2) is 4.80. The van der Waals surface area contributed by atoms with Gasteiger partial charge < -0.3 is 10.3 Å². The first-order chi connectivity index (χ1) is 8.83. The van der Waals surface area contributed by atoms with Crippen LogP contribution in [0.15, 0.2) is 28.8 Å². The third kappa shape index (κ3) is 2.23. The van der Waals surface area contributed by atoms with Crippen molar-refractivity contribution in [3.05, 3.63) is 30.2 Å². The van der Waals surface area contributed by atoms with Crippen molar-refractivity contribution in [3.63, 3.8) is 0 Å². The molecule has 0 amide bonds. The van der Waals surface area contributed by atoms with Gasteiger partial charge in [0.25, 0.3) is 0 Å².